The third-order valence-corrected chi connectivity index (χ3v) is 4.03. The lowest BCUT2D eigenvalue weighted by atomic mass is 10.0. The molecule has 2 rings (SSSR count). The van der Waals surface area contributed by atoms with E-state index in [1.54, 1.807) is 0 Å². The second kappa shape index (κ2) is 5.83. The van der Waals surface area contributed by atoms with E-state index >= 15 is 0 Å². The van der Waals surface area contributed by atoms with Crippen LogP contribution in [0.3, 0.4) is 0 Å². The number of nitrogens with one attached hydrogen (secondary N) is 1. The number of hydrogen-bond acceptors (Lipinski definition) is 3. The number of hydrogen-bond donors (Lipinski definition) is 2. The Morgan fingerprint density at radius 3 is 2.47 bits per heavy atom. The van der Waals surface area contributed by atoms with Crippen molar-refractivity contribution in [1.29, 1.82) is 0 Å². The SMILES string of the molecule is CCC(C(=O)O)N1CCC(NCC2CC2)CC1. The van der Waals surface area contributed by atoms with E-state index in [1.807, 2.05) is 6.92 Å². The number of piperidine rings is 1. The quantitative estimate of drug-likeness (QED) is 0.735. The van der Waals surface area contributed by atoms with Crippen LogP contribution in [0.5, 0.6) is 0 Å². The summed E-state index contributed by atoms with van der Waals surface area (Å²) in [4.78, 5) is 13.2. The predicted molar refractivity (Wildman–Crippen MR) is 67.0 cm³/mol. The second-order valence-electron chi connectivity index (χ2n) is 5.42. The molecule has 2 N–H and O–H groups in total. The molecule has 1 saturated heterocycles. The summed E-state index contributed by atoms with van der Waals surface area (Å²) in [5, 5.41) is 12.7. The minimum absolute atomic E-state index is 0.278. The average molecular weight is 240 g/mol. The van der Waals surface area contributed by atoms with E-state index in [2.05, 4.69) is 10.2 Å². The number of carboxylic acid groups (broad SMARTS) is 1. The van der Waals surface area contributed by atoms with E-state index < -0.39 is 5.97 Å². The number of nitrogens with zero attached hydrogens (tertiary/aromatic N) is 1. The maximum Gasteiger partial charge on any atom is 0.320 e. The Bertz CT molecular complexity index is 258. The van der Waals surface area contributed by atoms with E-state index in [0.29, 0.717) is 12.5 Å². The van der Waals surface area contributed by atoms with Crippen LogP contribution in [0.4, 0.5) is 0 Å². The monoisotopic (exact) mass is 240 g/mol. The van der Waals surface area contributed by atoms with Gasteiger partial charge in [-0.1, -0.05) is 6.92 Å². The molecule has 1 aliphatic heterocycles. The summed E-state index contributed by atoms with van der Waals surface area (Å²) < 4.78 is 0. The van der Waals surface area contributed by atoms with Crippen LogP contribution < -0.4 is 5.32 Å². The minimum atomic E-state index is -0.670. The zero-order valence-electron chi connectivity index (χ0n) is 10.7. The summed E-state index contributed by atoms with van der Waals surface area (Å²) in [7, 11) is 0. The van der Waals surface area contributed by atoms with Gasteiger partial charge in [-0.15, -0.1) is 0 Å². The Balaban J connectivity index is 1.70. The lowest BCUT2D eigenvalue weighted by Crippen LogP contribution is -2.49. The summed E-state index contributed by atoms with van der Waals surface area (Å²) in [6.45, 7) is 4.97. The smallest absolute Gasteiger partial charge is 0.320 e. The first-order valence-corrected chi connectivity index (χ1v) is 6.91. The molecule has 0 aromatic heterocycles. The summed E-state index contributed by atoms with van der Waals surface area (Å²) in [6.07, 6.45) is 5.67. The fourth-order valence-electron chi connectivity index (χ4n) is 2.66. The van der Waals surface area contributed by atoms with Gasteiger partial charge in [0.25, 0.3) is 0 Å². The maximum absolute atomic E-state index is 11.1. The summed E-state index contributed by atoms with van der Waals surface area (Å²) in [6, 6.07) is 0.331. The van der Waals surface area contributed by atoms with Gasteiger partial charge in [0.05, 0.1) is 0 Å². The zero-order chi connectivity index (χ0) is 12.3. The van der Waals surface area contributed by atoms with Crippen molar-refractivity contribution >= 4 is 5.97 Å². The predicted octanol–water partition coefficient (Wildman–Crippen LogP) is 1.31. The van der Waals surface area contributed by atoms with Gasteiger partial charge in [0.15, 0.2) is 0 Å². The molecule has 0 aromatic carbocycles. The molecule has 1 atom stereocenters. The molecule has 0 aromatic rings. The highest BCUT2D eigenvalue weighted by atomic mass is 16.4. The van der Waals surface area contributed by atoms with Crippen LogP contribution in [-0.2, 0) is 4.79 Å². The molecule has 1 unspecified atom stereocenters. The molecule has 1 aliphatic carbocycles. The van der Waals surface area contributed by atoms with Crippen LogP contribution in [0.15, 0.2) is 0 Å². The Hall–Kier alpha value is -0.610. The molecule has 2 fully saturated rings. The molecular formula is C13H24N2O2. The first kappa shape index (κ1) is 12.8. The highest BCUT2D eigenvalue weighted by molar-refractivity contribution is 5.73. The van der Waals surface area contributed by atoms with Crippen LogP contribution in [0, 0.1) is 5.92 Å². The standard InChI is InChI=1S/C13H24N2O2/c1-2-12(13(16)17)15-7-5-11(6-8-15)14-9-10-3-4-10/h10-12,14H,2-9H2,1H3,(H,16,17). The maximum atomic E-state index is 11.1. The van der Waals surface area contributed by atoms with Crippen LogP contribution in [0.25, 0.3) is 0 Å². The van der Waals surface area contributed by atoms with Gasteiger partial charge in [0.2, 0.25) is 0 Å². The fraction of sp³-hybridized carbons (Fsp3) is 0.923. The van der Waals surface area contributed by atoms with Gasteiger partial charge in [-0.3, -0.25) is 9.69 Å². The zero-order valence-corrected chi connectivity index (χ0v) is 10.7. The van der Waals surface area contributed by atoms with Crippen LogP contribution in [0.1, 0.15) is 39.0 Å². The molecule has 0 amide bonds. The van der Waals surface area contributed by atoms with E-state index in [4.69, 9.17) is 5.11 Å². The Morgan fingerprint density at radius 1 is 1.35 bits per heavy atom. The second-order valence-corrected chi connectivity index (χ2v) is 5.42. The first-order valence-electron chi connectivity index (χ1n) is 6.91. The van der Waals surface area contributed by atoms with Crippen molar-refractivity contribution < 1.29 is 9.90 Å². The van der Waals surface area contributed by atoms with Crippen LogP contribution >= 0.6 is 0 Å². The van der Waals surface area contributed by atoms with Gasteiger partial charge < -0.3 is 10.4 Å². The first-order chi connectivity index (χ1) is 8.20. The van der Waals surface area contributed by atoms with Crippen molar-refractivity contribution in [1.82, 2.24) is 10.2 Å². The molecule has 0 spiro atoms. The Morgan fingerprint density at radius 2 is 2.00 bits per heavy atom. The molecule has 4 nitrogen and oxygen atoms in total. The van der Waals surface area contributed by atoms with Crippen molar-refractivity contribution in [2.24, 2.45) is 5.92 Å². The topological polar surface area (TPSA) is 52.6 Å². The molecule has 2 aliphatic rings. The number of carboxylic acids is 1. The van der Waals surface area contributed by atoms with Crippen molar-refractivity contribution in [2.45, 2.75) is 51.1 Å². The Labute approximate surface area is 103 Å². The molecule has 0 bridgehead atoms. The van der Waals surface area contributed by atoms with Gasteiger partial charge in [0, 0.05) is 19.1 Å². The molecule has 17 heavy (non-hydrogen) atoms. The van der Waals surface area contributed by atoms with E-state index in [9.17, 15) is 4.79 Å². The van der Waals surface area contributed by atoms with E-state index in [0.717, 1.165) is 31.8 Å². The molecule has 1 saturated carbocycles. The number of aliphatic carboxylic acids is 1. The molecule has 1 heterocycles. The minimum Gasteiger partial charge on any atom is -0.480 e. The molecule has 0 radical (unpaired) electrons. The third-order valence-electron chi connectivity index (χ3n) is 4.03. The van der Waals surface area contributed by atoms with E-state index in [-0.39, 0.29) is 6.04 Å². The summed E-state index contributed by atoms with van der Waals surface area (Å²) >= 11 is 0. The van der Waals surface area contributed by atoms with Gasteiger partial charge in [-0.05, 0) is 44.6 Å². The van der Waals surface area contributed by atoms with Gasteiger partial charge in [-0.2, -0.15) is 0 Å². The molecule has 98 valence electrons. The highest BCUT2D eigenvalue weighted by Crippen LogP contribution is 2.28. The van der Waals surface area contributed by atoms with Crippen molar-refractivity contribution in [3.8, 4) is 0 Å². The van der Waals surface area contributed by atoms with Gasteiger partial charge >= 0.3 is 5.97 Å². The highest BCUT2D eigenvalue weighted by Gasteiger charge is 2.29. The van der Waals surface area contributed by atoms with Gasteiger partial charge in [0.1, 0.15) is 6.04 Å². The number of likely N-dealkylation sites (tertiary alicyclic amines) is 1. The lowest BCUT2D eigenvalue weighted by molar-refractivity contribution is -0.143. The number of carbonyl (C=O) groups is 1. The summed E-state index contributed by atoms with van der Waals surface area (Å²) in [5.41, 5.74) is 0. The normalized spacial score (nSPS) is 24.8. The fourth-order valence-corrected chi connectivity index (χ4v) is 2.66. The largest absolute Gasteiger partial charge is 0.480 e. The molecule has 4 heteroatoms. The van der Waals surface area contributed by atoms with E-state index in [1.165, 1.54) is 19.4 Å². The van der Waals surface area contributed by atoms with Crippen molar-refractivity contribution in [3.05, 3.63) is 0 Å². The molecular weight excluding hydrogens is 216 g/mol. The van der Waals surface area contributed by atoms with Gasteiger partial charge in [-0.25, -0.2) is 0 Å². The van der Waals surface area contributed by atoms with Crippen LogP contribution in [0.2, 0.25) is 0 Å². The van der Waals surface area contributed by atoms with Crippen molar-refractivity contribution in [3.63, 3.8) is 0 Å². The number of rotatable bonds is 6. The average Bonchev–Trinajstić information content (AvgIpc) is 3.12. The lowest BCUT2D eigenvalue weighted by Gasteiger charge is -2.35. The van der Waals surface area contributed by atoms with Crippen LogP contribution in [-0.4, -0.2) is 47.7 Å². The Kier molecular flexibility index (Phi) is 4.40. The van der Waals surface area contributed by atoms with Crippen molar-refractivity contribution in [2.75, 3.05) is 19.6 Å². The summed E-state index contributed by atoms with van der Waals surface area (Å²) in [5.74, 6) is 0.257. The third kappa shape index (κ3) is 3.68.